The Labute approximate surface area is 102 Å². The second kappa shape index (κ2) is 4.98. The van der Waals surface area contributed by atoms with Crippen molar-refractivity contribution in [3.63, 3.8) is 0 Å². The molecule has 3 nitrogen and oxygen atoms in total. The average molecular weight is 233 g/mol. The maximum absolute atomic E-state index is 12.1. The van der Waals surface area contributed by atoms with Crippen LogP contribution < -0.4 is 5.73 Å². The van der Waals surface area contributed by atoms with Crippen LogP contribution in [0.3, 0.4) is 0 Å². The van der Waals surface area contributed by atoms with Crippen LogP contribution in [0.4, 0.5) is 0 Å². The van der Waals surface area contributed by atoms with Crippen molar-refractivity contribution in [3.8, 4) is 0 Å². The lowest BCUT2D eigenvalue weighted by Gasteiger charge is -2.12. The van der Waals surface area contributed by atoms with Crippen LogP contribution in [0.15, 0.2) is 18.2 Å². The summed E-state index contributed by atoms with van der Waals surface area (Å²) in [4.78, 5) is 12.1. The van der Waals surface area contributed by atoms with Crippen LogP contribution in [0.2, 0.25) is 0 Å². The molecule has 2 N–H and O–H groups in total. The first-order chi connectivity index (χ1) is 8.08. The van der Waals surface area contributed by atoms with E-state index >= 15 is 0 Å². The van der Waals surface area contributed by atoms with Crippen LogP contribution in [0.25, 0.3) is 0 Å². The van der Waals surface area contributed by atoms with Gasteiger partial charge in [0.25, 0.3) is 0 Å². The highest BCUT2D eigenvalue weighted by atomic mass is 16.5. The van der Waals surface area contributed by atoms with Crippen LogP contribution >= 0.6 is 0 Å². The number of ketones is 1. The Morgan fingerprint density at radius 1 is 1.35 bits per heavy atom. The summed E-state index contributed by atoms with van der Waals surface area (Å²) in [5.74, 6) is 0.0647. The first-order valence-electron chi connectivity index (χ1n) is 6.00. The number of carbonyl (C=O) groups excluding carboxylic acids is 1. The Morgan fingerprint density at radius 3 is 2.71 bits per heavy atom. The van der Waals surface area contributed by atoms with E-state index in [-0.39, 0.29) is 17.7 Å². The molecule has 0 radical (unpaired) electrons. The fourth-order valence-corrected chi connectivity index (χ4v) is 2.15. The zero-order valence-electron chi connectivity index (χ0n) is 10.4. The predicted octanol–water partition coefficient (Wildman–Crippen LogP) is 1.39. The van der Waals surface area contributed by atoms with E-state index in [9.17, 15) is 4.79 Å². The van der Waals surface area contributed by atoms with E-state index in [2.05, 4.69) is 26.0 Å². The first kappa shape index (κ1) is 12.3. The zero-order chi connectivity index (χ0) is 12.4. The molecule has 17 heavy (non-hydrogen) atoms. The summed E-state index contributed by atoms with van der Waals surface area (Å²) in [6.45, 7) is 5.11. The lowest BCUT2D eigenvalue weighted by Crippen LogP contribution is -2.34. The van der Waals surface area contributed by atoms with Crippen molar-refractivity contribution in [1.82, 2.24) is 0 Å². The summed E-state index contributed by atoms with van der Waals surface area (Å²) < 4.78 is 5.23. The highest BCUT2D eigenvalue weighted by Crippen LogP contribution is 2.17. The number of rotatable bonds is 3. The van der Waals surface area contributed by atoms with E-state index < -0.39 is 0 Å². The molecule has 0 saturated carbocycles. The maximum atomic E-state index is 12.1. The number of hydrogen-bond acceptors (Lipinski definition) is 3. The topological polar surface area (TPSA) is 52.3 Å². The molecular weight excluding hydrogens is 214 g/mol. The van der Waals surface area contributed by atoms with Crippen molar-refractivity contribution < 1.29 is 9.53 Å². The van der Waals surface area contributed by atoms with Crippen LogP contribution in [-0.4, -0.2) is 25.0 Å². The van der Waals surface area contributed by atoms with Gasteiger partial charge in [0.15, 0.2) is 0 Å². The van der Waals surface area contributed by atoms with Crippen molar-refractivity contribution in [2.45, 2.75) is 26.3 Å². The first-order valence-corrected chi connectivity index (χ1v) is 6.00. The van der Waals surface area contributed by atoms with Crippen molar-refractivity contribution in [2.24, 2.45) is 11.7 Å². The van der Waals surface area contributed by atoms with Crippen molar-refractivity contribution in [1.29, 1.82) is 0 Å². The summed E-state index contributed by atoms with van der Waals surface area (Å²) in [5.41, 5.74) is 9.38. The van der Waals surface area contributed by atoms with E-state index in [1.165, 1.54) is 11.1 Å². The number of carbonyl (C=O) groups is 1. The molecule has 1 aromatic rings. The molecule has 2 unspecified atom stereocenters. The average Bonchev–Trinajstić information content (AvgIpc) is 2.70. The molecule has 0 bridgehead atoms. The second-order valence-electron chi connectivity index (χ2n) is 4.87. The molecule has 2 atom stereocenters. The summed E-state index contributed by atoms with van der Waals surface area (Å²) in [7, 11) is 0. The third kappa shape index (κ3) is 2.73. The molecule has 1 aromatic carbocycles. The van der Waals surface area contributed by atoms with Gasteiger partial charge in [-0.05, 0) is 30.5 Å². The molecule has 1 aliphatic rings. The third-order valence-electron chi connectivity index (χ3n) is 3.49. The molecule has 2 rings (SSSR count). The van der Waals surface area contributed by atoms with Gasteiger partial charge in [-0.2, -0.15) is 0 Å². The molecule has 1 heterocycles. The van der Waals surface area contributed by atoms with Gasteiger partial charge in [0, 0.05) is 12.5 Å². The predicted molar refractivity (Wildman–Crippen MR) is 66.9 cm³/mol. The molecule has 1 fully saturated rings. The Hall–Kier alpha value is -1.19. The zero-order valence-corrected chi connectivity index (χ0v) is 10.4. The lowest BCUT2D eigenvalue weighted by atomic mass is 9.93. The summed E-state index contributed by atoms with van der Waals surface area (Å²) in [6, 6.07) is 6.02. The van der Waals surface area contributed by atoms with Crippen LogP contribution in [0.5, 0.6) is 0 Å². The van der Waals surface area contributed by atoms with Gasteiger partial charge in [-0.25, -0.2) is 0 Å². The van der Waals surface area contributed by atoms with Crippen LogP contribution in [-0.2, 0) is 16.0 Å². The van der Waals surface area contributed by atoms with Gasteiger partial charge >= 0.3 is 0 Å². The van der Waals surface area contributed by atoms with Crippen LogP contribution in [0, 0.1) is 19.8 Å². The quantitative estimate of drug-likeness (QED) is 0.858. The molecular formula is C14H19NO2. The van der Waals surface area contributed by atoms with Gasteiger partial charge in [0.1, 0.15) is 5.78 Å². The van der Waals surface area contributed by atoms with Crippen LogP contribution in [0.1, 0.15) is 16.7 Å². The highest BCUT2D eigenvalue weighted by Gasteiger charge is 2.30. The summed E-state index contributed by atoms with van der Waals surface area (Å²) >= 11 is 0. The fourth-order valence-electron chi connectivity index (χ4n) is 2.15. The SMILES string of the molecule is Cc1ccc(CC(=O)C2COCC2N)cc1C. The Morgan fingerprint density at radius 2 is 2.12 bits per heavy atom. The monoisotopic (exact) mass is 233 g/mol. The molecule has 1 aliphatic heterocycles. The number of nitrogens with two attached hydrogens (primary N) is 1. The molecule has 3 heteroatoms. The number of aryl methyl sites for hydroxylation is 2. The number of benzene rings is 1. The van der Waals surface area contributed by atoms with Gasteiger partial charge < -0.3 is 10.5 Å². The molecule has 0 aromatic heterocycles. The standard InChI is InChI=1S/C14H19NO2/c1-9-3-4-11(5-10(9)2)6-14(16)12-7-17-8-13(12)15/h3-5,12-13H,6-8,15H2,1-2H3. The van der Waals surface area contributed by atoms with Gasteiger partial charge in [-0.15, -0.1) is 0 Å². The number of hydrogen-bond donors (Lipinski definition) is 1. The normalized spacial score (nSPS) is 23.9. The lowest BCUT2D eigenvalue weighted by molar-refractivity contribution is -0.122. The molecule has 0 amide bonds. The minimum atomic E-state index is -0.131. The number of ether oxygens (including phenoxy) is 1. The van der Waals surface area contributed by atoms with E-state index in [0.717, 1.165) is 5.56 Å². The number of Topliss-reactive ketones (excluding diaryl/α,β-unsaturated/α-hetero) is 1. The maximum Gasteiger partial charge on any atom is 0.144 e. The summed E-state index contributed by atoms with van der Waals surface area (Å²) in [6.07, 6.45) is 0.461. The van der Waals surface area contributed by atoms with E-state index in [4.69, 9.17) is 10.5 Å². The van der Waals surface area contributed by atoms with E-state index in [0.29, 0.717) is 19.6 Å². The largest absolute Gasteiger partial charge is 0.379 e. The van der Waals surface area contributed by atoms with Crippen molar-refractivity contribution in [2.75, 3.05) is 13.2 Å². The van der Waals surface area contributed by atoms with Gasteiger partial charge in [-0.1, -0.05) is 18.2 Å². The Balaban J connectivity index is 2.05. The molecule has 0 aliphatic carbocycles. The second-order valence-corrected chi connectivity index (χ2v) is 4.87. The van der Waals surface area contributed by atoms with Gasteiger partial charge in [-0.3, -0.25) is 4.79 Å². The van der Waals surface area contributed by atoms with Crippen molar-refractivity contribution in [3.05, 3.63) is 34.9 Å². The van der Waals surface area contributed by atoms with Crippen molar-refractivity contribution >= 4 is 5.78 Å². The fraction of sp³-hybridized carbons (Fsp3) is 0.500. The highest BCUT2D eigenvalue weighted by molar-refractivity contribution is 5.84. The van der Waals surface area contributed by atoms with Gasteiger partial charge in [0.05, 0.1) is 19.1 Å². The third-order valence-corrected chi connectivity index (χ3v) is 3.49. The minimum absolute atomic E-state index is 0.128. The summed E-state index contributed by atoms with van der Waals surface area (Å²) in [5, 5.41) is 0. The molecule has 92 valence electrons. The van der Waals surface area contributed by atoms with E-state index in [1.54, 1.807) is 0 Å². The Kier molecular flexibility index (Phi) is 3.60. The molecule has 0 spiro atoms. The smallest absolute Gasteiger partial charge is 0.144 e. The molecule has 1 saturated heterocycles. The Bertz CT molecular complexity index is 428. The van der Waals surface area contributed by atoms with Gasteiger partial charge in [0.2, 0.25) is 0 Å². The van der Waals surface area contributed by atoms with E-state index in [1.807, 2.05) is 6.07 Å². The minimum Gasteiger partial charge on any atom is -0.379 e.